The van der Waals surface area contributed by atoms with Crippen molar-refractivity contribution in [2.75, 3.05) is 7.11 Å². The Bertz CT molecular complexity index is 466. The number of para-hydroxylation sites is 1. The lowest BCUT2D eigenvalue weighted by Crippen LogP contribution is -2.00. The van der Waals surface area contributed by atoms with Crippen molar-refractivity contribution in [1.29, 1.82) is 0 Å². The van der Waals surface area contributed by atoms with E-state index in [4.69, 9.17) is 15.0 Å². The van der Waals surface area contributed by atoms with Crippen molar-refractivity contribution in [1.82, 2.24) is 5.16 Å². The van der Waals surface area contributed by atoms with Gasteiger partial charge in [0.15, 0.2) is 0 Å². The van der Waals surface area contributed by atoms with Gasteiger partial charge in [-0.15, -0.1) is 0 Å². The molecule has 0 saturated heterocycles. The van der Waals surface area contributed by atoms with Gasteiger partial charge in [-0.05, 0) is 6.07 Å². The van der Waals surface area contributed by atoms with E-state index in [1.807, 2.05) is 24.3 Å². The number of methoxy groups -OCH3 is 1. The SMILES string of the molecule is COc1ccccc1Cc1oncc1CN. The predicted octanol–water partition coefficient (Wildman–Crippen LogP) is 1.73. The number of benzene rings is 1. The van der Waals surface area contributed by atoms with Gasteiger partial charge in [0.25, 0.3) is 0 Å². The first kappa shape index (κ1) is 10.7. The molecule has 0 amide bonds. The highest BCUT2D eigenvalue weighted by Gasteiger charge is 2.10. The van der Waals surface area contributed by atoms with Crippen molar-refractivity contribution < 1.29 is 9.26 Å². The smallest absolute Gasteiger partial charge is 0.145 e. The van der Waals surface area contributed by atoms with Crippen LogP contribution < -0.4 is 10.5 Å². The first-order chi connectivity index (χ1) is 7.85. The predicted molar refractivity (Wildman–Crippen MR) is 60.2 cm³/mol. The summed E-state index contributed by atoms with van der Waals surface area (Å²) in [6, 6.07) is 7.83. The van der Waals surface area contributed by atoms with Crippen LogP contribution in [0.25, 0.3) is 0 Å². The minimum atomic E-state index is 0.438. The van der Waals surface area contributed by atoms with Crippen molar-refractivity contribution in [3.63, 3.8) is 0 Å². The molecule has 16 heavy (non-hydrogen) atoms. The van der Waals surface area contributed by atoms with E-state index >= 15 is 0 Å². The van der Waals surface area contributed by atoms with Gasteiger partial charge < -0.3 is 15.0 Å². The number of rotatable bonds is 4. The second-order valence-corrected chi connectivity index (χ2v) is 3.47. The third-order valence-corrected chi connectivity index (χ3v) is 2.49. The van der Waals surface area contributed by atoms with Crippen LogP contribution in [0.1, 0.15) is 16.9 Å². The summed E-state index contributed by atoms with van der Waals surface area (Å²) in [5.41, 5.74) is 7.59. The van der Waals surface area contributed by atoms with Crippen molar-refractivity contribution >= 4 is 0 Å². The van der Waals surface area contributed by atoms with Crippen LogP contribution >= 0.6 is 0 Å². The topological polar surface area (TPSA) is 61.3 Å². The molecule has 2 aromatic rings. The monoisotopic (exact) mass is 218 g/mol. The van der Waals surface area contributed by atoms with Gasteiger partial charge >= 0.3 is 0 Å². The molecule has 1 aromatic carbocycles. The molecule has 0 aliphatic carbocycles. The van der Waals surface area contributed by atoms with Gasteiger partial charge in [-0.2, -0.15) is 0 Å². The highest BCUT2D eigenvalue weighted by molar-refractivity contribution is 5.36. The maximum Gasteiger partial charge on any atom is 0.145 e. The zero-order valence-electron chi connectivity index (χ0n) is 9.14. The number of nitrogens with zero attached hydrogens (tertiary/aromatic N) is 1. The molecule has 0 aliphatic heterocycles. The third kappa shape index (κ3) is 2.06. The lowest BCUT2D eigenvalue weighted by molar-refractivity contribution is 0.381. The van der Waals surface area contributed by atoms with Gasteiger partial charge in [0.2, 0.25) is 0 Å². The minimum absolute atomic E-state index is 0.438. The quantitative estimate of drug-likeness (QED) is 0.849. The Balaban J connectivity index is 2.26. The molecular formula is C12H14N2O2. The van der Waals surface area contributed by atoms with Gasteiger partial charge in [-0.25, -0.2) is 0 Å². The van der Waals surface area contributed by atoms with E-state index in [0.717, 1.165) is 22.6 Å². The summed E-state index contributed by atoms with van der Waals surface area (Å²) in [6.07, 6.45) is 2.31. The fourth-order valence-electron chi connectivity index (χ4n) is 1.62. The molecule has 0 fully saturated rings. The van der Waals surface area contributed by atoms with E-state index in [2.05, 4.69) is 5.16 Å². The van der Waals surface area contributed by atoms with E-state index in [0.29, 0.717) is 13.0 Å². The number of ether oxygens (including phenoxy) is 1. The first-order valence-electron chi connectivity index (χ1n) is 5.09. The zero-order valence-corrected chi connectivity index (χ0v) is 9.14. The molecule has 4 heteroatoms. The highest BCUT2D eigenvalue weighted by Crippen LogP contribution is 2.22. The Hall–Kier alpha value is -1.81. The summed E-state index contributed by atoms with van der Waals surface area (Å²) in [4.78, 5) is 0. The van der Waals surface area contributed by atoms with Crippen molar-refractivity contribution in [3.8, 4) is 5.75 Å². The average molecular weight is 218 g/mol. The number of aromatic nitrogens is 1. The second kappa shape index (κ2) is 4.81. The molecule has 0 unspecified atom stereocenters. The standard InChI is InChI=1S/C12H14N2O2/c1-15-11-5-3-2-4-9(11)6-12-10(7-13)8-14-16-12/h2-5,8H,6-7,13H2,1H3. The van der Waals surface area contributed by atoms with Crippen LogP contribution in [-0.2, 0) is 13.0 Å². The van der Waals surface area contributed by atoms with Gasteiger partial charge in [-0.1, -0.05) is 23.4 Å². The van der Waals surface area contributed by atoms with Crippen LogP contribution in [0.5, 0.6) is 5.75 Å². The molecule has 0 saturated carbocycles. The normalized spacial score (nSPS) is 10.4. The molecule has 0 atom stereocenters. The third-order valence-electron chi connectivity index (χ3n) is 2.49. The van der Waals surface area contributed by atoms with E-state index in [9.17, 15) is 0 Å². The Labute approximate surface area is 94.0 Å². The van der Waals surface area contributed by atoms with Crippen LogP contribution in [0.3, 0.4) is 0 Å². The largest absolute Gasteiger partial charge is 0.496 e. The fraction of sp³-hybridized carbons (Fsp3) is 0.250. The first-order valence-corrected chi connectivity index (χ1v) is 5.09. The molecule has 0 radical (unpaired) electrons. The van der Waals surface area contributed by atoms with Crippen LogP contribution in [0.2, 0.25) is 0 Å². The summed E-state index contributed by atoms with van der Waals surface area (Å²) in [5, 5.41) is 3.75. The lowest BCUT2D eigenvalue weighted by Gasteiger charge is -2.06. The molecule has 1 heterocycles. The molecule has 4 nitrogen and oxygen atoms in total. The Morgan fingerprint density at radius 3 is 2.88 bits per heavy atom. The lowest BCUT2D eigenvalue weighted by atomic mass is 10.1. The molecule has 2 N–H and O–H groups in total. The van der Waals surface area contributed by atoms with Crippen LogP contribution in [0, 0.1) is 0 Å². The van der Waals surface area contributed by atoms with Crippen molar-refractivity contribution in [3.05, 3.63) is 47.3 Å². The molecule has 2 rings (SSSR count). The number of nitrogens with two attached hydrogens (primary N) is 1. The molecule has 84 valence electrons. The molecule has 0 bridgehead atoms. The average Bonchev–Trinajstić information content (AvgIpc) is 2.77. The maximum atomic E-state index is 5.59. The molecular weight excluding hydrogens is 204 g/mol. The van der Waals surface area contributed by atoms with Crippen molar-refractivity contribution in [2.24, 2.45) is 5.73 Å². The minimum Gasteiger partial charge on any atom is -0.496 e. The summed E-state index contributed by atoms with van der Waals surface area (Å²) < 4.78 is 10.4. The Morgan fingerprint density at radius 1 is 1.31 bits per heavy atom. The maximum absolute atomic E-state index is 5.59. The number of hydrogen-bond donors (Lipinski definition) is 1. The van der Waals surface area contributed by atoms with Gasteiger partial charge in [0.05, 0.1) is 13.3 Å². The number of hydrogen-bond acceptors (Lipinski definition) is 4. The van der Waals surface area contributed by atoms with Crippen LogP contribution in [-0.4, -0.2) is 12.3 Å². The fourth-order valence-corrected chi connectivity index (χ4v) is 1.62. The Morgan fingerprint density at radius 2 is 2.12 bits per heavy atom. The van der Waals surface area contributed by atoms with Gasteiger partial charge in [0, 0.05) is 24.1 Å². The van der Waals surface area contributed by atoms with E-state index < -0.39 is 0 Å². The van der Waals surface area contributed by atoms with Crippen molar-refractivity contribution in [2.45, 2.75) is 13.0 Å². The molecule has 0 aliphatic rings. The van der Waals surface area contributed by atoms with Gasteiger partial charge in [0.1, 0.15) is 11.5 Å². The Kier molecular flexibility index (Phi) is 3.22. The summed E-state index contributed by atoms with van der Waals surface area (Å²) in [6.45, 7) is 0.438. The van der Waals surface area contributed by atoms with E-state index in [1.165, 1.54) is 0 Å². The zero-order chi connectivity index (χ0) is 11.4. The highest BCUT2D eigenvalue weighted by atomic mass is 16.5. The van der Waals surface area contributed by atoms with Crippen LogP contribution in [0.15, 0.2) is 35.0 Å². The summed E-state index contributed by atoms with van der Waals surface area (Å²) in [7, 11) is 1.66. The summed E-state index contributed by atoms with van der Waals surface area (Å²) >= 11 is 0. The van der Waals surface area contributed by atoms with Gasteiger partial charge in [-0.3, -0.25) is 0 Å². The molecule has 1 aromatic heterocycles. The van der Waals surface area contributed by atoms with Crippen LogP contribution in [0.4, 0.5) is 0 Å². The van der Waals surface area contributed by atoms with E-state index in [-0.39, 0.29) is 0 Å². The summed E-state index contributed by atoms with van der Waals surface area (Å²) in [5.74, 6) is 1.65. The molecule has 0 spiro atoms. The van der Waals surface area contributed by atoms with E-state index in [1.54, 1.807) is 13.3 Å². The second-order valence-electron chi connectivity index (χ2n) is 3.47.